The lowest BCUT2D eigenvalue weighted by Gasteiger charge is -2.20. The number of benzene rings is 2. The molecule has 0 aliphatic carbocycles. The maximum absolute atomic E-state index is 11.8. The highest BCUT2D eigenvalue weighted by molar-refractivity contribution is 14.0. The second-order valence-electron chi connectivity index (χ2n) is 7.48. The monoisotopic (exact) mass is 555 g/mol. The zero-order chi connectivity index (χ0) is 21.3. The quantitative estimate of drug-likeness (QED) is 0.265. The van der Waals surface area contributed by atoms with Crippen molar-refractivity contribution in [2.75, 3.05) is 30.4 Å². The number of amides is 1. The van der Waals surface area contributed by atoms with E-state index in [1.807, 2.05) is 49.4 Å². The minimum Gasteiger partial charge on any atom is -0.369 e. The molecule has 1 aliphatic rings. The summed E-state index contributed by atoms with van der Waals surface area (Å²) in [5.41, 5.74) is 3.06. The lowest BCUT2D eigenvalue weighted by molar-refractivity contribution is -0.116. The van der Waals surface area contributed by atoms with Crippen LogP contribution in [0.15, 0.2) is 53.5 Å². The van der Waals surface area contributed by atoms with E-state index in [9.17, 15) is 4.79 Å². The van der Waals surface area contributed by atoms with Gasteiger partial charge in [0, 0.05) is 55.5 Å². The first-order valence-electron chi connectivity index (χ1n) is 10.4. The standard InChI is InChI=1S/C23H30ClN5O.HI/c1-3-6-22(30)27-19-9-4-7-17(13-19)15-26-23(25-2)28-20-11-12-29(16-20)21-10-5-8-18(24)14-21;/h4-5,7-10,13-14,20H,3,6,11-12,15-16H2,1-2H3,(H,27,30)(H2,25,26,28);1H. The molecular formula is C23H31ClIN5O. The van der Waals surface area contributed by atoms with Crippen molar-refractivity contribution in [1.82, 2.24) is 10.6 Å². The summed E-state index contributed by atoms with van der Waals surface area (Å²) in [6.45, 7) is 4.51. The van der Waals surface area contributed by atoms with E-state index in [1.54, 1.807) is 7.05 Å². The highest BCUT2D eigenvalue weighted by Gasteiger charge is 2.23. The van der Waals surface area contributed by atoms with Gasteiger partial charge in [-0.2, -0.15) is 0 Å². The molecule has 1 amide bonds. The highest BCUT2D eigenvalue weighted by atomic mass is 127. The van der Waals surface area contributed by atoms with Crippen LogP contribution in [0.1, 0.15) is 31.7 Å². The fourth-order valence-electron chi connectivity index (χ4n) is 3.57. The van der Waals surface area contributed by atoms with Gasteiger partial charge >= 0.3 is 0 Å². The van der Waals surface area contributed by atoms with E-state index >= 15 is 0 Å². The summed E-state index contributed by atoms with van der Waals surface area (Å²) in [5.74, 6) is 0.818. The third-order valence-electron chi connectivity index (χ3n) is 5.07. The summed E-state index contributed by atoms with van der Waals surface area (Å²) in [6.07, 6.45) is 2.41. The first-order chi connectivity index (χ1) is 14.6. The molecule has 168 valence electrons. The van der Waals surface area contributed by atoms with Crippen LogP contribution in [-0.2, 0) is 11.3 Å². The van der Waals surface area contributed by atoms with Crippen LogP contribution >= 0.6 is 35.6 Å². The summed E-state index contributed by atoms with van der Waals surface area (Å²) in [5, 5.41) is 10.6. The van der Waals surface area contributed by atoms with E-state index < -0.39 is 0 Å². The van der Waals surface area contributed by atoms with Gasteiger partial charge in [0.15, 0.2) is 5.96 Å². The average molecular weight is 556 g/mol. The van der Waals surface area contributed by atoms with Gasteiger partial charge in [0.1, 0.15) is 0 Å². The van der Waals surface area contributed by atoms with Crippen LogP contribution in [0.5, 0.6) is 0 Å². The number of halogens is 2. The summed E-state index contributed by atoms with van der Waals surface area (Å²) in [6, 6.07) is 16.2. The molecule has 2 aromatic carbocycles. The highest BCUT2D eigenvalue weighted by Crippen LogP contribution is 2.23. The lowest BCUT2D eigenvalue weighted by atomic mass is 10.2. The Morgan fingerprint density at radius 2 is 2.03 bits per heavy atom. The van der Waals surface area contributed by atoms with Gasteiger partial charge in [-0.15, -0.1) is 24.0 Å². The van der Waals surface area contributed by atoms with Crippen molar-refractivity contribution < 1.29 is 4.79 Å². The molecule has 6 nitrogen and oxygen atoms in total. The Labute approximate surface area is 206 Å². The second kappa shape index (κ2) is 12.8. The lowest BCUT2D eigenvalue weighted by Crippen LogP contribution is -2.44. The van der Waals surface area contributed by atoms with E-state index in [-0.39, 0.29) is 29.9 Å². The second-order valence-corrected chi connectivity index (χ2v) is 7.92. The number of hydrogen-bond acceptors (Lipinski definition) is 3. The Hall–Kier alpha value is -2.00. The van der Waals surface area contributed by atoms with Crippen LogP contribution < -0.4 is 20.9 Å². The molecule has 3 N–H and O–H groups in total. The number of anilines is 2. The summed E-state index contributed by atoms with van der Waals surface area (Å²) >= 11 is 6.13. The number of hydrogen-bond donors (Lipinski definition) is 3. The van der Waals surface area contributed by atoms with Crippen LogP contribution in [0, 0.1) is 0 Å². The molecule has 2 aromatic rings. The molecule has 0 spiro atoms. The van der Waals surface area contributed by atoms with E-state index in [2.05, 4.69) is 31.9 Å². The van der Waals surface area contributed by atoms with Gasteiger partial charge < -0.3 is 20.9 Å². The van der Waals surface area contributed by atoms with Gasteiger partial charge in [-0.25, -0.2) is 0 Å². The molecule has 1 heterocycles. The minimum atomic E-state index is 0. The largest absolute Gasteiger partial charge is 0.369 e. The number of aliphatic imine (C=N–C) groups is 1. The number of nitrogens with zero attached hydrogens (tertiary/aromatic N) is 2. The number of guanidine groups is 1. The van der Waals surface area contributed by atoms with Crippen molar-refractivity contribution >= 4 is 58.8 Å². The third-order valence-corrected chi connectivity index (χ3v) is 5.31. The van der Waals surface area contributed by atoms with E-state index in [4.69, 9.17) is 11.6 Å². The van der Waals surface area contributed by atoms with Crippen molar-refractivity contribution in [1.29, 1.82) is 0 Å². The number of carbonyl (C=O) groups is 1. The van der Waals surface area contributed by atoms with Crippen LogP contribution in [-0.4, -0.2) is 38.0 Å². The van der Waals surface area contributed by atoms with Gasteiger partial charge in [-0.05, 0) is 48.7 Å². The average Bonchev–Trinajstić information content (AvgIpc) is 3.20. The Balaban J connectivity index is 0.00000341. The van der Waals surface area contributed by atoms with Crippen molar-refractivity contribution in [3.63, 3.8) is 0 Å². The van der Waals surface area contributed by atoms with Crippen molar-refractivity contribution in [2.45, 2.75) is 38.8 Å². The Morgan fingerprint density at radius 1 is 1.23 bits per heavy atom. The summed E-state index contributed by atoms with van der Waals surface area (Å²) in [7, 11) is 1.78. The first kappa shape index (κ1) is 25.3. The Morgan fingerprint density at radius 3 is 2.77 bits per heavy atom. The fourth-order valence-corrected chi connectivity index (χ4v) is 3.75. The molecule has 0 saturated carbocycles. The molecule has 1 fully saturated rings. The Kier molecular flexibility index (Phi) is 10.4. The molecule has 0 bridgehead atoms. The summed E-state index contributed by atoms with van der Waals surface area (Å²) in [4.78, 5) is 18.5. The maximum Gasteiger partial charge on any atom is 0.224 e. The van der Waals surface area contributed by atoms with Crippen molar-refractivity contribution in [3.05, 3.63) is 59.1 Å². The first-order valence-corrected chi connectivity index (χ1v) is 10.8. The van der Waals surface area contributed by atoms with Crippen LogP contribution in [0.3, 0.4) is 0 Å². The maximum atomic E-state index is 11.8. The van der Waals surface area contributed by atoms with E-state index in [0.29, 0.717) is 19.0 Å². The molecular weight excluding hydrogens is 525 g/mol. The fraction of sp³-hybridized carbons (Fsp3) is 0.391. The van der Waals surface area contributed by atoms with Crippen molar-refractivity contribution in [2.24, 2.45) is 4.99 Å². The van der Waals surface area contributed by atoms with Crippen LogP contribution in [0.2, 0.25) is 5.02 Å². The van der Waals surface area contributed by atoms with Crippen LogP contribution in [0.4, 0.5) is 11.4 Å². The van der Waals surface area contributed by atoms with Crippen molar-refractivity contribution in [3.8, 4) is 0 Å². The molecule has 0 radical (unpaired) electrons. The zero-order valence-electron chi connectivity index (χ0n) is 18.0. The zero-order valence-corrected chi connectivity index (χ0v) is 21.1. The van der Waals surface area contributed by atoms with E-state index in [1.165, 1.54) is 0 Å². The van der Waals surface area contributed by atoms with Gasteiger partial charge in [-0.3, -0.25) is 9.79 Å². The van der Waals surface area contributed by atoms with Gasteiger partial charge in [-0.1, -0.05) is 36.7 Å². The molecule has 1 saturated heterocycles. The van der Waals surface area contributed by atoms with Gasteiger partial charge in [0.2, 0.25) is 5.91 Å². The predicted octanol–water partition coefficient (Wildman–Crippen LogP) is 4.64. The molecule has 0 aromatic heterocycles. The SMILES string of the molecule is CCCC(=O)Nc1cccc(CNC(=NC)NC2CCN(c3cccc(Cl)c3)C2)c1.I. The smallest absolute Gasteiger partial charge is 0.224 e. The molecule has 1 unspecified atom stereocenters. The summed E-state index contributed by atoms with van der Waals surface area (Å²) < 4.78 is 0. The molecule has 1 aliphatic heterocycles. The molecule has 8 heteroatoms. The number of rotatable bonds is 7. The van der Waals surface area contributed by atoms with Gasteiger partial charge in [0.05, 0.1) is 0 Å². The molecule has 1 atom stereocenters. The van der Waals surface area contributed by atoms with E-state index in [0.717, 1.165) is 53.9 Å². The third kappa shape index (κ3) is 7.88. The Bertz CT molecular complexity index is 892. The topological polar surface area (TPSA) is 68.8 Å². The number of nitrogens with one attached hydrogen (secondary N) is 3. The normalized spacial score (nSPS) is 15.9. The van der Waals surface area contributed by atoms with Crippen LogP contribution in [0.25, 0.3) is 0 Å². The predicted molar refractivity (Wildman–Crippen MR) is 141 cm³/mol. The molecule has 3 rings (SSSR count). The molecule has 31 heavy (non-hydrogen) atoms. The number of carbonyl (C=O) groups excluding carboxylic acids is 1. The minimum absolute atomic E-state index is 0. The van der Waals surface area contributed by atoms with Gasteiger partial charge in [0.25, 0.3) is 0 Å².